The number of para-hydroxylation sites is 1. The second kappa shape index (κ2) is 7.61. The maximum atomic E-state index is 12.2. The average Bonchev–Trinajstić information content (AvgIpc) is 3.04. The Labute approximate surface area is 146 Å². The highest BCUT2D eigenvalue weighted by molar-refractivity contribution is 7.19. The highest BCUT2D eigenvalue weighted by Crippen LogP contribution is 2.29. The number of carbonyl (C=O) groups excluding carboxylic acids is 1. The summed E-state index contributed by atoms with van der Waals surface area (Å²) in [5.41, 5.74) is 1.93. The number of amides is 2. The van der Waals surface area contributed by atoms with Crippen LogP contribution >= 0.6 is 11.3 Å². The SMILES string of the molecule is CCc1ccccc1NC(=O)Nc1nnc(N2CCCC[C@H]2C)s1. The fourth-order valence-electron chi connectivity index (χ4n) is 2.97. The highest BCUT2D eigenvalue weighted by atomic mass is 32.1. The molecular weight excluding hydrogens is 322 g/mol. The van der Waals surface area contributed by atoms with Crippen LogP contribution < -0.4 is 15.5 Å². The van der Waals surface area contributed by atoms with E-state index in [1.807, 2.05) is 24.3 Å². The van der Waals surface area contributed by atoms with Crippen molar-refractivity contribution in [3.63, 3.8) is 0 Å². The summed E-state index contributed by atoms with van der Waals surface area (Å²) in [6.07, 6.45) is 4.49. The van der Waals surface area contributed by atoms with E-state index in [1.165, 1.54) is 30.6 Å². The number of nitrogens with one attached hydrogen (secondary N) is 2. The van der Waals surface area contributed by atoms with Crippen molar-refractivity contribution in [1.82, 2.24) is 10.2 Å². The summed E-state index contributed by atoms with van der Waals surface area (Å²) in [6.45, 7) is 5.28. The Morgan fingerprint density at radius 1 is 1.29 bits per heavy atom. The number of aryl methyl sites for hydroxylation is 1. The smallest absolute Gasteiger partial charge is 0.325 e. The van der Waals surface area contributed by atoms with E-state index < -0.39 is 0 Å². The van der Waals surface area contributed by atoms with Crippen LogP contribution in [0.15, 0.2) is 24.3 Å². The van der Waals surface area contributed by atoms with Crippen molar-refractivity contribution in [2.45, 2.75) is 45.6 Å². The lowest BCUT2D eigenvalue weighted by atomic mass is 10.1. The van der Waals surface area contributed by atoms with Crippen LogP contribution in [0.1, 0.15) is 38.7 Å². The second-order valence-electron chi connectivity index (χ2n) is 6.02. The molecule has 24 heavy (non-hydrogen) atoms. The van der Waals surface area contributed by atoms with Gasteiger partial charge in [0.15, 0.2) is 0 Å². The summed E-state index contributed by atoms with van der Waals surface area (Å²) < 4.78 is 0. The largest absolute Gasteiger partial charge is 0.344 e. The minimum Gasteiger partial charge on any atom is -0.344 e. The van der Waals surface area contributed by atoms with Gasteiger partial charge in [-0.15, -0.1) is 10.2 Å². The molecule has 1 aromatic carbocycles. The van der Waals surface area contributed by atoms with E-state index in [0.717, 1.165) is 29.3 Å². The zero-order valence-electron chi connectivity index (χ0n) is 14.1. The first-order chi connectivity index (χ1) is 11.7. The lowest BCUT2D eigenvalue weighted by molar-refractivity contribution is 0.262. The molecule has 0 bridgehead atoms. The van der Waals surface area contributed by atoms with Crippen molar-refractivity contribution in [1.29, 1.82) is 0 Å². The number of hydrogen-bond acceptors (Lipinski definition) is 5. The highest BCUT2D eigenvalue weighted by Gasteiger charge is 2.22. The van der Waals surface area contributed by atoms with Gasteiger partial charge in [0.25, 0.3) is 0 Å². The van der Waals surface area contributed by atoms with Gasteiger partial charge in [0.05, 0.1) is 0 Å². The predicted molar refractivity (Wildman–Crippen MR) is 99.0 cm³/mol. The molecule has 1 aromatic heterocycles. The van der Waals surface area contributed by atoms with Crippen LogP contribution in [-0.4, -0.2) is 28.8 Å². The number of piperidine rings is 1. The predicted octanol–water partition coefficient (Wildman–Crippen LogP) is 4.12. The van der Waals surface area contributed by atoms with Gasteiger partial charge < -0.3 is 10.2 Å². The van der Waals surface area contributed by atoms with Crippen molar-refractivity contribution in [2.75, 3.05) is 22.1 Å². The van der Waals surface area contributed by atoms with Gasteiger partial charge in [-0.05, 0) is 44.2 Å². The van der Waals surface area contributed by atoms with E-state index in [0.29, 0.717) is 11.2 Å². The molecule has 2 amide bonds. The maximum absolute atomic E-state index is 12.2. The molecule has 1 aliphatic heterocycles. The summed E-state index contributed by atoms with van der Waals surface area (Å²) in [7, 11) is 0. The quantitative estimate of drug-likeness (QED) is 0.874. The number of urea groups is 1. The average molecular weight is 345 g/mol. The van der Waals surface area contributed by atoms with Crippen LogP contribution in [0.4, 0.5) is 20.7 Å². The molecule has 2 N–H and O–H groups in total. The molecule has 7 heteroatoms. The van der Waals surface area contributed by atoms with Gasteiger partial charge in [0, 0.05) is 18.3 Å². The zero-order valence-corrected chi connectivity index (χ0v) is 14.9. The number of benzene rings is 1. The third kappa shape index (κ3) is 3.84. The van der Waals surface area contributed by atoms with E-state index in [1.54, 1.807) is 0 Å². The van der Waals surface area contributed by atoms with E-state index in [4.69, 9.17) is 0 Å². The molecule has 0 unspecified atom stereocenters. The number of nitrogens with zero attached hydrogens (tertiary/aromatic N) is 3. The molecule has 1 saturated heterocycles. The Morgan fingerprint density at radius 2 is 2.12 bits per heavy atom. The Kier molecular flexibility index (Phi) is 5.30. The number of carbonyl (C=O) groups is 1. The molecule has 128 valence electrons. The first-order valence-electron chi connectivity index (χ1n) is 8.43. The zero-order chi connectivity index (χ0) is 16.9. The second-order valence-corrected chi connectivity index (χ2v) is 6.97. The molecule has 0 radical (unpaired) electrons. The minimum absolute atomic E-state index is 0.287. The number of aromatic nitrogens is 2. The lowest BCUT2D eigenvalue weighted by Gasteiger charge is -2.32. The van der Waals surface area contributed by atoms with Gasteiger partial charge in [-0.25, -0.2) is 4.79 Å². The van der Waals surface area contributed by atoms with Gasteiger partial charge in [-0.3, -0.25) is 5.32 Å². The summed E-state index contributed by atoms with van der Waals surface area (Å²) in [6, 6.07) is 7.99. The van der Waals surface area contributed by atoms with E-state index in [9.17, 15) is 4.79 Å². The van der Waals surface area contributed by atoms with Gasteiger partial charge in [-0.2, -0.15) is 0 Å². The minimum atomic E-state index is -0.287. The standard InChI is InChI=1S/C17H23N5OS/c1-3-13-9-4-5-10-14(13)18-15(23)19-16-20-21-17(24-16)22-11-7-6-8-12(22)2/h4-5,9-10,12H,3,6-8,11H2,1-2H3,(H2,18,19,20,23)/t12-/m1/s1. The first-order valence-corrected chi connectivity index (χ1v) is 9.25. The van der Waals surface area contributed by atoms with Gasteiger partial charge in [0.2, 0.25) is 10.3 Å². The summed E-state index contributed by atoms with van der Waals surface area (Å²) in [4.78, 5) is 14.5. The molecule has 1 atom stereocenters. The molecule has 0 saturated carbocycles. The molecule has 0 aliphatic carbocycles. The summed E-state index contributed by atoms with van der Waals surface area (Å²) in [5.74, 6) is 0. The summed E-state index contributed by atoms with van der Waals surface area (Å²) >= 11 is 1.42. The van der Waals surface area contributed by atoms with Gasteiger partial charge in [-0.1, -0.05) is 36.5 Å². The van der Waals surface area contributed by atoms with Crippen molar-refractivity contribution in [2.24, 2.45) is 0 Å². The third-order valence-corrected chi connectivity index (χ3v) is 5.21. The topological polar surface area (TPSA) is 70.1 Å². The van der Waals surface area contributed by atoms with Crippen molar-refractivity contribution in [3.8, 4) is 0 Å². The Balaban J connectivity index is 1.63. The fourth-order valence-corrected chi connectivity index (χ4v) is 3.83. The van der Waals surface area contributed by atoms with E-state index in [-0.39, 0.29) is 6.03 Å². The Hall–Kier alpha value is -2.15. The monoisotopic (exact) mass is 345 g/mol. The maximum Gasteiger partial charge on any atom is 0.325 e. The van der Waals surface area contributed by atoms with Crippen molar-refractivity contribution >= 4 is 33.3 Å². The van der Waals surface area contributed by atoms with E-state index >= 15 is 0 Å². The fraction of sp³-hybridized carbons (Fsp3) is 0.471. The molecule has 2 aromatic rings. The molecule has 6 nitrogen and oxygen atoms in total. The number of anilines is 3. The van der Waals surface area contributed by atoms with Crippen LogP contribution in [0.5, 0.6) is 0 Å². The molecule has 0 spiro atoms. The number of hydrogen-bond donors (Lipinski definition) is 2. The van der Waals surface area contributed by atoms with Crippen LogP contribution in [0, 0.1) is 0 Å². The third-order valence-electron chi connectivity index (χ3n) is 4.33. The van der Waals surface area contributed by atoms with Crippen LogP contribution in [0.25, 0.3) is 0 Å². The van der Waals surface area contributed by atoms with Crippen LogP contribution in [0.3, 0.4) is 0 Å². The Bertz CT molecular complexity index is 702. The molecule has 1 aliphatic rings. The normalized spacial score (nSPS) is 17.6. The molecule has 2 heterocycles. The lowest BCUT2D eigenvalue weighted by Crippen LogP contribution is -2.37. The van der Waals surface area contributed by atoms with Crippen LogP contribution in [-0.2, 0) is 6.42 Å². The van der Waals surface area contributed by atoms with E-state index in [2.05, 4.69) is 39.6 Å². The van der Waals surface area contributed by atoms with Gasteiger partial charge >= 0.3 is 6.03 Å². The van der Waals surface area contributed by atoms with Gasteiger partial charge in [0.1, 0.15) is 0 Å². The van der Waals surface area contributed by atoms with Crippen molar-refractivity contribution in [3.05, 3.63) is 29.8 Å². The summed E-state index contributed by atoms with van der Waals surface area (Å²) in [5, 5.41) is 15.4. The molecule has 3 rings (SSSR count). The Morgan fingerprint density at radius 3 is 2.92 bits per heavy atom. The number of rotatable bonds is 4. The molecule has 1 fully saturated rings. The van der Waals surface area contributed by atoms with Crippen molar-refractivity contribution < 1.29 is 4.79 Å². The van der Waals surface area contributed by atoms with Crippen LogP contribution in [0.2, 0.25) is 0 Å². The molecular formula is C17H23N5OS. The first kappa shape index (κ1) is 16.7.